The second-order valence-electron chi connectivity index (χ2n) is 4.29. The summed E-state index contributed by atoms with van der Waals surface area (Å²) in [5.74, 6) is -0.232. The van der Waals surface area contributed by atoms with E-state index >= 15 is 0 Å². The van der Waals surface area contributed by atoms with Crippen LogP contribution in [0.1, 0.15) is 0 Å². The minimum atomic E-state index is -0.409. The van der Waals surface area contributed by atoms with Gasteiger partial charge in [0.1, 0.15) is 37.1 Å². The van der Waals surface area contributed by atoms with E-state index in [4.69, 9.17) is 31.4 Å². The number of benzene rings is 1. The number of rotatable bonds is 2. The van der Waals surface area contributed by atoms with Crippen molar-refractivity contribution in [3.05, 3.63) is 22.5 Å². The predicted molar refractivity (Wildman–Crippen MR) is 89.6 cm³/mol. The number of nitrogens with one attached hydrogen (secondary N) is 1. The minimum Gasteiger partial charge on any atom is -0.508 e. The van der Waals surface area contributed by atoms with Gasteiger partial charge in [0.05, 0.1) is 5.30 Å². The van der Waals surface area contributed by atoms with Crippen LogP contribution in [0.5, 0.6) is 5.75 Å². The van der Waals surface area contributed by atoms with Gasteiger partial charge in [-0.1, -0.05) is 31.6 Å². The first-order valence-corrected chi connectivity index (χ1v) is 7.24. The largest absolute Gasteiger partial charge is 0.508 e. The lowest BCUT2D eigenvalue weighted by atomic mass is 9.72. The summed E-state index contributed by atoms with van der Waals surface area (Å²) in [5.41, 5.74) is 1.14. The summed E-state index contributed by atoms with van der Waals surface area (Å²) in [7, 11) is 23.3. The third-order valence-corrected chi connectivity index (χ3v) is 3.94. The van der Waals surface area contributed by atoms with Crippen molar-refractivity contribution in [2.24, 2.45) is 0 Å². The molecule has 0 aliphatic heterocycles. The number of aromatic amines is 1. The summed E-state index contributed by atoms with van der Waals surface area (Å²) < 4.78 is 0. The molecule has 2 N–H and O–H groups in total. The van der Waals surface area contributed by atoms with Crippen molar-refractivity contribution in [3.63, 3.8) is 0 Å². The maximum Gasteiger partial charge on any atom is 0.259 e. The molecule has 0 saturated heterocycles. The van der Waals surface area contributed by atoms with Gasteiger partial charge >= 0.3 is 0 Å². The monoisotopic (exact) mass is 273 g/mol. The average Bonchev–Trinajstić information content (AvgIpc) is 2.39. The van der Waals surface area contributed by atoms with E-state index in [9.17, 15) is 9.90 Å². The normalized spacial score (nSPS) is 11.2. The molecule has 1 unspecified atom stereocenters. The zero-order chi connectivity index (χ0) is 15.0. The van der Waals surface area contributed by atoms with Crippen LogP contribution in [0.15, 0.2) is 16.9 Å². The van der Waals surface area contributed by atoms with E-state index in [2.05, 4.69) is 4.98 Å². The van der Waals surface area contributed by atoms with Crippen LogP contribution < -0.4 is 32.7 Å². The molecule has 90 valence electrons. The third kappa shape index (κ3) is 2.47. The zero-order valence-corrected chi connectivity index (χ0v) is 11.8. The van der Waals surface area contributed by atoms with Gasteiger partial charge in [-0.25, -0.2) is 0 Å². The van der Waals surface area contributed by atoms with E-state index < -0.39 is 5.56 Å². The van der Waals surface area contributed by atoms with E-state index in [1.165, 1.54) is 6.07 Å². The van der Waals surface area contributed by atoms with Gasteiger partial charge in [-0.05, 0) is 17.7 Å². The maximum atomic E-state index is 11.9. The lowest BCUT2D eigenvalue weighted by Gasteiger charge is -2.16. The molecule has 0 fully saturated rings. The molecular weight excluding hydrogens is 264 g/mol. The highest BCUT2D eigenvalue weighted by Crippen LogP contribution is 2.15. The molecule has 2 aromatic rings. The molecule has 20 heavy (non-hydrogen) atoms. The Kier molecular flexibility index (Phi) is 4.19. The SMILES string of the molecule is [B]c1cc([B])c([B])c(-c2[nH]c(=O)c(PC)c(O)c2[B])c1. The van der Waals surface area contributed by atoms with Gasteiger partial charge < -0.3 is 10.1 Å². The Morgan fingerprint density at radius 3 is 2.40 bits per heavy atom. The van der Waals surface area contributed by atoms with Gasteiger partial charge in [0.2, 0.25) is 0 Å². The lowest BCUT2D eigenvalue weighted by Crippen LogP contribution is -2.36. The molecule has 0 amide bonds. The fourth-order valence-corrected chi connectivity index (χ4v) is 2.62. The lowest BCUT2D eigenvalue weighted by molar-refractivity contribution is 0.483. The molecule has 1 heterocycles. The molecule has 1 atom stereocenters. The van der Waals surface area contributed by atoms with Crippen molar-refractivity contribution < 1.29 is 5.11 Å². The van der Waals surface area contributed by atoms with Crippen molar-refractivity contribution in [3.8, 4) is 17.0 Å². The first-order valence-electron chi connectivity index (χ1n) is 5.74. The second-order valence-corrected chi connectivity index (χ2v) is 5.29. The average molecular weight is 272 g/mol. The first-order chi connectivity index (χ1) is 9.36. The maximum absolute atomic E-state index is 11.9. The molecule has 1 aromatic heterocycles. The van der Waals surface area contributed by atoms with Crippen molar-refractivity contribution >= 4 is 67.1 Å². The van der Waals surface area contributed by atoms with Crippen LogP contribution in [-0.4, -0.2) is 48.1 Å². The van der Waals surface area contributed by atoms with E-state index in [1.807, 2.05) is 0 Å². The van der Waals surface area contributed by atoms with Crippen molar-refractivity contribution in [1.82, 2.24) is 4.98 Å². The number of pyridine rings is 1. The van der Waals surface area contributed by atoms with Crippen LogP contribution in [-0.2, 0) is 0 Å². The van der Waals surface area contributed by atoms with Gasteiger partial charge in [0, 0.05) is 5.69 Å². The summed E-state index contributed by atoms with van der Waals surface area (Å²) in [6, 6.07) is 3.05. The molecule has 0 spiro atoms. The Morgan fingerprint density at radius 1 is 1.15 bits per heavy atom. The zero-order valence-electron chi connectivity index (χ0n) is 10.8. The van der Waals surface area contributed by atoms with Gasteiger partial charge in [-0.15, -0.1) is 5.46 Å². The van der Waals surface area contributed by atoms with Crippen LogP contribution in [0.3, 0.4) is 0 Å². The standard InChI is InChI=1S/C12H8B4NO2P/c1-20-11-10(18)8(16)9(17-12(11)19)5-2-4(13)3-6(14)7(5)15/h2-3,20H,1H3,(H2,17,18,19). The molecule has 8 radical (unpaired) electrons. The van der Waals surface area contributed by atoms with Crippen molar-refractivity contribution in [2.75, 3.05) is 6.66 Å². The molecule has 3 nitrogen and oxygen atoms in total. The van der Waals surface area contributed by atoms with Gasteiger partial charge in [-0.2, -0.15) is 0 Å². The van der Waals surface area contributed by atoms with Gasteiger partial charge in [-0.3, -0.25) is 4.79 Å². The van der Waals surface area contributed by atoms with Gasteiger partial charge in [0.25, 0.3) is 5.56 Å². The van der Waals surface area contributed by atoms with Crippen LogP contribution in [0.25, 0.3) is 11.3 Å². The molecule has 8 heteroatoms. The summed E-state index contributed by atoms with van der Waals surface area (Å²) in [6.07, 6.45) is 0. The van der Waals surface area contributed by atoms with Crippen LogP contribution >= 0.6 is 8.58 Å². The molecule has 1 aromatic carbocycles. The summed E-state index contributed by atoms with van der Waals surface area (Å²) in [5, 5.41) is 10.3. The van der Waals surface area contributed by atoms with Gasteiger partial charge in [0.15, 0.2) is 0 Å². The van der Waals surface area contributed by atoms with Crippen LogP contribution in [0.4, 0.5) is 0 Å². The van der Waals surface area contributed by atoms with Crippen molar-refractivity contribution in [2.45, 2.75) is 0 Å². The highest BCUT2D eigenvalue weighted by atomic mass is 31.1. The number of aromatic nitrogens is 1. The summed E-state index contributed by atoms with van der Waals surface area (Å²) in [6.45, 7) is 1.77. The van der Waals surface area contributed by atoms with E-state index in [-0.39, 0.29) is 41.7 Å². The predicted octanol–water partition coefficient (Wildman–Crippen LogP) is -3.14. The molecule has 0 bridgehead atoms. The smallest absolute Gasteiger partial charge is 0.259 e. The number of H-pyrrole nitrogens is 1. The number of hydrogen-bond acceptors (Lipinski definition) is 2. The quantitative estimate of drug-likeness (QED) is 0.448. The molecule has 2 rings (SSSR count). The second kappa shape index (κ2) is 5.57. The summed E-state index contributed by atoms with van der Waals surface area (Å²) >= 11 is 0. The first kappa shape index (κ1) is 15.1. The fourth-order valence-electron chi connectivity index (χ4n) is 1.95. The summed E-state index contributed by atoms with van der Waals surface area (Å²) in [4.78, 5) is 14.6. The van der Waals surface area contributed by atoms with E-state index in [1.54, 1.807) is 12.7 Å². The Morgan fingerprint density at radius 2 is 1.80 bits per heavy atom. The topological polar surface area (TPSA) is 53.1 Å². The van der Waals surface area contributed by atoms with Crippen LogP contribution in [0.2, 0.25) is 0 Å². The molecule has 0 saturated carbocycles. The number of aromatic hydroxyl groups is 1. The Bertz CT molecular complexity index is 745. The third-order valence-electron chi connectivity index (χ3n) is 2.98. The van der Waals surface area contributed by atoms with Crippen LogP contribution in [0, 0.1) is 0 Å². The molecule has 0 aliphatic rings. The highest BCUT2D eigenvalue weighted by molar-refractivity contribution is 7.46. The number of hydrogen-bond donors (Lipinski definition) is 2. The minimum absolute atomic E-state index is 0.0469. The Balaban J connectivity index is 2.81. The highest BCUT2D eigenvalue weighted by Gasteiger charge is 2.15. The fraction of sp³-hybridized carbons (Fsp3) is 0.0833. The molecule has 0 aliphatic carbocycles. The van der Waals surface area contributed by atoms with Crippen molar-refractivity contribution in [1.29, 1.82) is 0 Å². The Hall–Kier alpha value is -1.34. The van der Waals surface area contributed by atoms with E-state index in [0.29, 0.717) is 11.0 Å². The Labute approximate surface area is 124 Å². The van der Waals surface area contributed by atoms with E-state index in [0.717, 1.165) is 0 Å². The molecular formula is C12H8B4NO2P.